The van der Waals surface area contributed by atoms with Gasteiger partial charge in [-0.1, -0.05) is 29.8 Å². The van der Waals surface area contributed by atoms with Crippen LogP contribution in [0.3, 0.4) is 0 Å². The van der Waals surface area contributed by atoms with E-state index in [4.69, 9.17) is 4.74 Å². The summed E-state index contributed by atoms with van der Waals surface area (Å²) in [5, 5.41) is 3.23. The highest BCUT2D eigenvalue weighted by molar-refractivity contribution is 9.10. The molecule has 102 valence electrons. The van der Waals surface area contributed by atoms with Crippen LogP contribution >= 0.6 is 15.9 Å². The van der Waals surface area contributed by atoms with Crippen molar-refractivity contribution >= 4 is 15.9 Å². The summed E-state index contributed by atoms with van der Waals surface area (Å²) in [5.41, 5.74) is 3.86. The number of rotatable bonds is 5. The van der Waals surface area contributed by atoms with Crippen molar-refractivity contribution in [1.29, 1.82) is 0 Å². The first kappa shape index (κ1) is 15.5. The number of methoxy groups -OCH3 is 1. The molecule has 2 nitrogen and oxygen atoms in total. The molecule has 0 aromatic heterocycles. The van der Waals surface area contributed by atoms with Crippen LogP contribution < -0.4 is 10.1 Å². The highest BCUT2D eigenvalue weighted by atomic mass is 79.9. The lowest BCUT2D eigenvalue weighted by Crippen LogP contribution is -2.25. The monoisotopic (exact) mass is 313 g/mol. The second kappa shape index (κ2) is 6.07. The fraction of sp³-hybridized carbons (Fsp3) is 0.600. The maximum absolute atomic E-state index is 5.64. The van der Waals surface area contributed by atoms with Crippen LogP contribution in [0.15, 0.2) is 10.5 Å². The van der Waals surface area contributed by atoms with E-state index in [1.54, 1.807) is 7.11 Å². The topological polar surface area (TPSA) is 21.3 Å². The summed E-state index contributed by atoms with van der Waals surface area (Å²) in [5.74, 6) is 1.02. The van der Waals surface area contributed by atoms with Gasteiger partial charge in [-0.25, -0.2) is 0 Å². The van der Waals surface area contributed by atoms with Gasteiger partial charge in [0.05, 0.1) is 7.11 Å². The number of aryl methyl sites for hydroxylation is 1. The molecule has 0 spiro atoms. The van der Waals surface area contributed by atoms with Crippen molar-refractivity contribution in [3.8, 4) is 5.75 Å². The van der Waals surface area contributed by atoms with Crippen molar-refractivity contribution in [1.82, 2.24) is 5.32 Å². The molecule has 0 aliphatic carbocycles. The Kier molecular flexibility index (Phi) is 5.23. The van der Waals surface area contributed by atoms with E-state index in [0.717, 1.165) is 23.2 Å². The lowest BCUT2D eigenvalue weighted by atomic mass is 9.78. The summed E-state index contributed by atoms with van der Waals surface area (Å²) in [6.45, 7) is 9.81. The van der Waals surface area contributed by atoms with Crippen LogP contribution in [0.1, 0.15) is 37.0 Å². The predicted molar refractivity (Wildman–Crippen MR) is 81.7 cm³/mol. The SMILES string of the molecule is CNCCC(C)(C)c1c(C)c(Br)cc(C)c1OC. The summed E-state index contributed by atoms with van der Waals surface area (Å²) in [6, 6.07) is 2.13. The quantitative estimate of drug-likeness (QED) is 0.888. The van der Waals surface area contributed by atoms with Gasteiger partial charge in [-0.2, -0.15) is 0 Å². The molecule has 0 amide bonds. The molecule has 18 heavy (non-hydrogen) atoms. The standard InChI is InChI=1S/C15H24BrNO/c1-10-9-12(16)11(2)13(14(10)18-6)15(3,4)7-8-17-5/h9,17H,7-8H2,1-6H3. The Morgan fingerprint density at radius 1 is 1.33 bits per heavy atom. The van der Waals surface area contributed by atoms with Gasteiger partial charge in [0, 0.05) is 10.0 Å². The molecule has 1 aromatic rings. The van der Waals surface area contributed by atoms with Crippen LogP contribution in [0, 0.1) is 13.8 Å². The Labute approximate surface area is 119 Å². The third-order valence-corrected chi connectivity index (χ3v) is 4.37. The van der Waals surface area contributed by atoms with Crippen molar-refractivity contribution in [3.63, 3.8) is 0 Å². The number of ether oxygens (including phenoxy) is 1. The summed E-state index contributed by atoms with van der Waals surface area (Å²) in [4.78, 5) is 0. The van der Waals surface area contributed by atoms with Gasteiger partial charge >= 0.3 is 0 Å². The maximum Gasteiger partial charge on any atom is 0.125 e. The van der Waals surface area contributed by atoms with Crippen LogP contribution in [0.2, 0.25) is 0 Å². The zero-order valence-corrected chi connectivity index (χ0v) is 13.9. The Bertz CT molecular complexity index is 427. The molecular formula is C15H24BrNO. The van der Waals surface area contributed by atoms with Gasteiger partial charge in [-0.3, -0.25) is 0 Å². The summed E-state index contributed by atoms with van der Waals surface area (Å²) in [6.07, 6.45) is 1.08. The molecule has 0 fully saturated rings. The Morgan fingerprint density at radius 2 is 1.94 bits per heavy atom. The third-order valence-electron chi connectivity index (χ3n) is 3.54. The average molecular weight is 314 g/mol. The summed E-state index contributed by atoms with van der Waals surface area (Å²) < 4.78 is 6.80. The van der Waals surface area contributed by atoms with E-state index in [9.17, 15) is 0 Å². The maximum atomic E-state index is 5.64. The minimum atomic E-state index is 0.0903. The van der Waals surface area contributed by atoms with Gasteiger partial charge in [0.25, 0.3) is 0 Å². The minimum Gasteiger partial charge on any atom is -0.496 e. The normalized spacial score (nSPS) is 11.7. The summed E-state index contributed by atoms with van der Waals surface area (Å²) >= 11 is 3.65. The average Bonchev–Trinajstić information content (AvgIpc) is 2.30. The Balaban J connectivity index is 3.36. The minimum absolute atomic E-state index is 0.0903. The second-order valence-electron chi connectivity index (χ2n) is 5.45. The number of halogens is 1. The number of benzene rings is 1. The van der Waals surface area contributed by atoms with Gasteiger partial charge in [0.15, 0.2) is 0 Å². The van der Waals surface area contributed by atoms with Gasteiger partial charge in [0.2, 0.25) is 0 Å². The van der Waals surface area contributed by atoms with E-state index in [-0.39, 0.29) is 5.41 Å². The van der Waals surface area contributed by atoms with E-state index < -0.39 is 0 Å². The van der Waals surface area contributed by atoms with Crippen LogP contribution in [-0.2, 0) is 5.41 Å². The molecule has 1 N–H and O–H groups in total. The van der Waals surface area contributed by atoms with Gasteiger partial charge in [-0.05, 0) is 56.5 Å². The smallest absolute Gasteiger partial charge is 0.125 e. The fourth-order valence-electron chi connectivity index (χ4n) is 2.49. The molecule has 1 rings (SSSR count). The van der Waals surface area contributed by atoms with Crippen molar-refractivity contribution in [3.05, 3.63) is 27.2 Å². The third kappa shape index (κ3) is 3.07. The van der Waals surface area contributed by atoms with Crippen LogP contribution in [0.25, 0.3) is 0 Å². The highest BCUT2D eigenvalue weighted by Crippen LogP contribution is 2.41. The predicted octanol–water partition coefficient (Wildman–Crippen LogP) is 3.96. The zero-order valence-electron chi connectivity index (χ0n) is 12.3. The van der Waals surface area contributed by atoms with Gasteiger partial charge in [0.1, 0.15) is 5.75 Å². The molecule has 0 saturated heterocycles. The molecule has 0 atom stereocenters. The van der Waals surface area contributed by atoms with E-state index >= 15 is 0 Å². The number of hydrogen-bond acceptors (Lipinski definition) is 2. The fourth-order valence-corrected chi connectivity index (χ4v) is 3.03. The van der Waals surface area contributed by atoms with E-state index in [0.29, 0.717) is 0 Å². The first-order valence-corrected chi connectivity index (χ1v) is 7.13. The Hall–Kier alpha value is -0.540. The van der Waals surface area contributed by atoms with E-state index in [1.165, 1.54) is 16.7 Å². The molecule has 0 aliphatic heterocycles. The second-order valence-corrected chi connectivity index (χ2v) is 6.30. The molecule has 0 radical (unpaired) electrons. The molecule has 0 heterocycles. The molecule has 3 heteroatoms. The van der Waals surface area contributed by atoms with Gasteiger partial charge in [-0.15, -0.1) is 0 Å². The molecule has 1 aromatic carbocycles. The van der Waals surface area contributed by atoms with Crippen molar-refractivity contribution in [2.75, 3.05) is 20.7 Å². The largest absolute Gasteiger partial charge is 0.496 e. The van der Waals surface area contributed by atoms with Crippen LogP contribution in [0.4, 0.5) is 0 Å². The number of nitrogens with one attached hydrogen (secondary N) is 1. The molecule has 0 saturated carbocycles. The van der Waals surface area contributed by atoms with Crippen LogP contribution in [-0.4, -0.2) is 20.7 Å². The lowest BCUT2D eigenvalue weighted by Gasteiger charge is -2.30. The van der Waals surface area contributed by atoms with E-state index in [1.807, 2.05) is 7.05 Å². The number of hydrogen-bond donors (Lipinski definition) is 1. The van der Waals surface area contributed by atoms with Gasteiger partial charge < -0.3 is 10.1 Å². The highest BCUT2D eigenvalue weighted by Gasteiger charge is 2.28. The molecule has 0 bridgehead atoms. The Morgan fingerprint density at radius 3 is 2.44 bits per heavy atom. The molecular weight excluding hydrogens is 290 g/mol. The van der Waals surface area contributed by atoms with Crippen molar-refractivity contribution in [2.24, 2.45) is 0 Å². The zero-order chi connectivity index (χ0) is 13.9. The van der Waals surface area contributed by atoms with Crippen molar-refractivity contribution in [2.45, 2.75) is 39.5 Å². The molecule has 0 aliphatic rings. The van der Waals surface area contributed by atoms with Crippen LogP contribution in [0.5, 0.6) is 5.75 Å². The van der Waals surface area contributed by atoms with Crippen molar-refractivity contribution < 1.29 is 4.74 Å². The summed E-state index contributed by atoms with van der Waals surface area (Å²) in [7, 11) is 3.75. The first-order chi connectivity index (χ1) is 8.35. The first-order valence-electron chi connectivity index (χ1n) is 6.34. The lowest BCUT2D eigenvalue weighted by molar-refractivity contribution is 0.380. The molecule has 0 unspecified atom stereocenters. The van der Waals surface area contributed by atoms with E-state index in [2.05, 4.69) is 55.0 Å².